The number of hydrogen-bond donors (Lipinski definition) is 1. The van der Waals surface area contributed by atoms with Crippen LogP contribution in [0.25, 0.3) is 0 Å². The highest BCUT2D eigenvalue weighted by Gasteiger charge is 2.19. The van der Waals surface area contributed by atoms with E-state index in [9.17, 15) is 12.8 Å². The normalized spacial score (nSPS) is 11.6. The van der Waals surface area contributed by atoms with Crippen LogP contribution in [-0.4, -0.2) is 8.42 Å². The number of nitrogen functional groups attached to an aromatic ring is 1. The summed E-state index contributed by atoms with van der Waals surface area (Å²) >= 11 is 11.5. The Morgan fingerprint density at radius 3 is 2.35 bits per heavy atom. The van der Waals surface area contributed by atoms with Crippen LogP contribution in [0.5, 0.6) is 0 Å². The fourth-order valence-electron chi connectivity index (χ4n) is 1.70. The van der Waals surface area contributed by atoms with Crippen LogP contribution in [0.3, 0.4) is 0 Å². The van der Waals surface area contributed by atoms with Crippen molar-refractivity contribution in [2.75, 3.05) is 5.73 Å². The van der Waals surface area contributed by atoms with Gasteiger partial charge in [-0.05, 0) is 35.9 Å². The molecule has 2 aromatic rings. The van der Waals surface area contributed by atoms with Crippen LogP contribution < -0.4 is 5.73 Å². The standard InChI is InChI=1S/C13H10Cl2FNO2S/c14-10-5-8(1-3-12(10)16)7-20(18,19)13-4-2-9(17)6-11(13)15/h1-6H,7,17H2. The van der Waals surface area contributed by atoms with E-state index in [1.165, 1.54) is 30.3 Å². The van der Waals surface area contributed by atoms with Gasteiger partial charge in [-0.15, -0.1) is 0 Å². The van der Waals surface area contributed by atoms with Gasteiger partial charge in [0.2, 0.25) is 0 Å². The average Bonchev–Trinajstić information content (AvgIpc) is 2.33. The van der Waals surface area contributed by atoms with E-state index in [-0.39, 0.29) is 20.7 Å². The number of halogens is 3. The molecular weight excluding hydrogens is 324 g/mol. The topological polar surface area (TPSA) is 60.2 Å². The Morgan fingerprint density at radius 1 is 1.05 bits per heavy atom. The van der Waals surface area contributed by atoms with Gasteiger partial charge in [-0.2, -0.15) is 0 Å². The third kappa shape index (κ3) is 3.23. The van der Waals surface area contributed by atoms with Crippen molar-refractivity contribution in [1.82, 2.24) is 0 Å². The van der Waals surface area contributed by atoms with E-state index < -0.39 is 15.7 Å². The van der Waals surface area contributed by atoms with Gasteiger partial charge in [0.15, 0.2) is 9.84 Å². The van der Waals surface area contributed by atoms with Gasteiger partial charge < -0.3 is 5.73 Å². The molecular formula is C13H10Cl2FNO2S. The molecule has 20 heavy (non-hydrogen) atoms. The maximum Gasteiger partial charge on any atom is 0.183 e. The van der Waals surface area contributed by atoms with Crippen molar-refractivity contribution in [3.63, 3.8) is 0 Å². The van der Waals surface area contributed by atoms with Crippen molar-refractivity contribution in [3.05, 3.63) is 57.8 Å². The van der Waals surface area contributed by atoms with E-state index in [0.717, 1.165) is 6.07 Å². The smallest absolute Gasteiger partial charge is 0.183 e. The second-order valence-electron chi connectivity index (χ2n) is 4.20. The maximum atomic E-state index is 13.0. The quantitative estimate of drug-likeness (QED) is 0.871. The fraction of sp³-hybridized carbons (Fsp3) is 0.0769. The minimum atomic E-state index is -3.66. The molecule has 0 aliphatic rings. The molecule has 0 aromatic heterocycles. The van der Waals surface area contributed by atoms with Crippen molar-refractivity contribution in [2.45, 2.75) is 10.6 Å². The van der Waals surface area contributed by atoms with Crippen molar-refractivity contribution >= 4 is 38.7 Å². The molecule has 0 bridgehead atoms. The van der Waals surface area contributed by atoms with Crippen LogP contribution in [0.4, 0.5) is 10.1 Å². The van der Waals surface area contributed by atoms with Gasteiger partial charge in [0.1, 0.15) is 5.82 Å². The molecule has 0 saturated heterocycles. The first-order valence-corrected chi connectivity index (χ1v) is 7.92. The molecule has 0 heterocycles. The summed E-state index contributed by atoms with van der Waals surface area (Å²) in [5.74, 6) is -0.922. The largest absolute Gasteiger partial charge is 0.399 e. The second-order valence-corrected chi connectivity index (χ2v) is 6.97. The lowest BCUT2D eigenvalue weighted by atomic mass is 10.2. The van der Waals surface area contributed by atoms with Gasteiger partial charge in [0.05, 0.1) is 20.7 Å². The zero-order valence-electron chi connectivity index (χ0n) is 10.1. The minimum Gasteiger partial charge on any atom is -0.399 e. The number of nitrogens with two attached hydrogens (primary N) is 1. The van der Waals surface area contributed by atoms with Crippen molar-refractivity contribution in [2.24, 2.45) is 0 Å². The van der Waals surface area contributed by atoms with Crippen LogP contribution in [-0.2, 0) is 15.6 Å². The molecule has 0 atom stereocenters. The van der Waals surface area contributed by atoms with E-state index in [1.807, 2.05) is 0 Å². The molecule has 2 rings (SSSR count). The van der Waals surface area contributed by atoms with E-state index in [1.54, 1.807) is 0 Å². The zero-order chi connectivity index (χ0) is 14.9. The zero-order valence-corrected chi connectivity index (χ0v) is 12.4. The monoisotopic (exact) mass is 333 g/mol. The third-order valence-corrected chi connectivity index (χ3v) is 5.09. The van der Waals surface area contributed by atoms with Crippen molar-refractivity contribution in [1.29, 1.82) is 0 Å². The van der Waals surface area contributed by atoms with Gasteiger partial charge in [-0.3, -0.25) is 0 Å². The van der Waals surface area contributed by atoms with E-state index >= 15 is 0 Å². The predicted molar refractivity (Wildman–Crippen MR) is 78.2 cm³/mol. The Hall–Kier alpha value is -1.30. The van der Waals surface area contributed by atoms with E-state index in [4.69, 9.17) is 28.9 Å². The highest BCUT2D eigenvalue weighted by atomic mass is 35.5. The van der Waals surface area contributed by atoms with Crippen LogP contribution in [0.2, 0.25) is 10.0 Å². The number of benzene rings is 2. The Labute approximate surface area is 126 Å². The van der Waals surface area contributed by atoms with Crippen LogP contribution >= 0.6 is 23.2 Å². The first kappa shape index (κ1) is 15.1. The second kappa shape index (κ2) is 5.60. The summed E-state index contributed by atoms with van der Waals surface area (Å²) in [5, 5.41) is -0.0701. The molecule has 7 heteroatoms. The lowest BCUT2D eigenvalue weighted by Gasteiger charge is -2.08. The highest BCUT2D eigenvalue weighted by Crippen LogP contribution is 2.27. The molecule has 3 nitrogen and oxygen atoms in total. The Bertz CT molecular complexity index is 763. The predicted octanol–water partition coefficient (Wildman–Crippen LogP) is 3.69. The Kier molecular flexibility index (Phi) is 4.22. The molecule has 0 fully saturated rings. The third-order valence-electron chi connectivity index (χ3n) is 2.63. The Balaban J connectivity index is 2.38. The summed E-state index contributed by atoms with van der Waals surface area (Å²) in [4.78, 5) is -0.0196. The first-order valence-electron chi connectivity index (χ1n) is 5.51. The molecule has 106 valence electrons. The lowest BCUT2D eigenvalue weighted by Crippen LogP contribution is -2.06. The number of hydrogen-bond acceptors (Lipinski definition) is 3. The number of rotatable bonds is 3. The molecule has 0 aliphatic heterocycles. The fourth-order valence-corrected chi connectivity index (χ4v) is 3.85. The average molecular weight is 334 g/mol. The van der Waals surface area contributed by atoms with Crippen LogP contribution in [0.15, 0.2) is 41.3 Å². The SMILES string of the molecule is Nc1ccc(S(=O)(=O)Cc2ccc(F)c(Cl)c2)c(Cl)c1. The van der Waals surface area contributed by atoms with Gasteiger partial charge >= 0.3 is 0 Å². The van der Waals surface area contributed by atoms with Gasteiger partial charge in [-0.25, -0.2) is 12.8 Å². The van der Waals surface area contributed by atoms with Crippen LogP contribution in [0.1, 0.15) is 5.56 Å². The molecule has 2 aromatic carbocycles. The van der Waals surface area contributed by atoms with Crippen molar-refractivity contribution < 1.29 is 12.8 Å². The summed E-state index contributed by atoms with van der Waals surface area (Å²) in [6.07, 6.45) is 0. The molecule has 0 spiro atoms. The summed E-state index contributed by atoms with van der Waals surface area (Å²) in [6.45, 7) is 0. The lowest BCUT2D eigenvalue weighted by molar-refractivity contribution is 0.595. The molecule has 2 N–H and O–H groups in total. The summed E-state index contributed by atoms with van der Waals surface area (Å²) in [6, 6.07) is 7.93. The maximum absolute atomic E-state index is 13.0. The van der Waals surface area contributed by atoms with Gasteiger partial charge in [-0.1, -0.05) is 29.3 Å². The summed E-state index contributed by atoms with van der Waals surface area (Å²) in [7, 11) is -3.66. The summed E-state index contributed by atoms with van der Waals surface area (Å²) in [5.41, 5.74) is 6.27. The first-order chi connectivity index (χ1) is 9.29. The summed E-state index contributed by atoms with van der Waals surface area (Å²) < 4.78 is 37.6. The number of anilines is 1. The van der Waals surface area contributed by atoms with E-state index in [0.29, 0.717) is 11.3 Å². The van der Waals surface area contributed by atoms with Gasteiger partial charge in [0.25, 0.3) is 0 Å². The minimum absolute atomic E-state index is 0.0196. The van der Waals surface area contributed by atoms with E-state index in [2.05, 4.69) is 0 Å². The number of sulfone groups is 1. The molecule has 0 aliphatic carbocycles. The molecule has 0 unspecified atom stereocenters. The molecule has 0 amide bonds. The van der Waals surface area contributed by atoms with Crippen LogP contribution in [0, 0.1) is 5.82 Å². The molecule has 0 radical (unpaired) electrons. The highest BCUT2D eigenvalue weighted by molar-refractivity contribution is 7.90. The van der Waals surface area contributed by atoms with Gasteiger partial charge in [0, 0.05) is 5.69 Å². The Morgan fingerprint density at radius 2 is 1.75 bits per heavy atom. The van der Waals surface area contributed by atoms with Crippen molar-refractivity contribution in [3.8, 4) is 0 Å². The molecule has 0 saturated carbocycles.